The molecule has 2 amide bonds. The molecule has 0 radical (unpaired) electrons. The number of hydrogen-bond acceptors (Lipinski definition) is 7. The molecular formula is C23H20IN3O6S. The Bertz CT molecular complexity index is 1210. The highest BCUT2D eigenvalue weighted by molar-refractivity contribution is 14.1. The van der Waals surface area contributed by atoms with Crippen LogP contribution < -0.4 is 14.8 Å². The number of halogens is 1. The lowest BCUT2D eigenvalue weighted by Crippen LogP contribution is -2.53. The summed E-state index contributed by atoms with van der Waals surface area (Å²) in [5.74, 6) is -0.249. The number of nitrogens with one attached hydrogen (secondary N) is 1. The van der Waals surface area contributed by atoms with E-state index in [2.05, 4.69) is 34.5 Å². The van der Waals surface area contributed by atoms with Crippen molar-refractivity contribution < 1.29 is 24.0 Å². The molecule has 34 heavy (non-hydrogen) atoms. The minimum absolute atomic E-state index is 0.0248. The standard InChI is InChI=1S/C23H20IN3O6S/c1-3-8-26-22(29)17(21(28)25-23(26)34)10-15-11-18(24)20(19(12-15)32-4-2)33-13-14-6-5-7-16(9-14)27(30)31/h3,5-7,9-12H,1,4,8,13H2,2H3,(H,25,28,34)/b17-10+. The maximum atomic E-state index is 12.8. The van der Waals surface area contributed by atoms with Gasteiger partial charge in [-0.15, -0.1) is 6.58 Å². The fourth-order valence-electron chi connectivity index (χ4n) is 3.15. The topological polar surface area (TPSA) is 111 Å². The quantitative estimate of drug-likeness (QED) is 0.0891. The van der Waals surface area contributed by atoms with E-state index in [0.717, 1.165) is 0 Å². The van der Waals surface area contributed by atoms with E-state index in [-0.39, 0.29) is 29.5 Å². The number of nitro benzene ring substituents is 1. The summed E-state index contributed by atoms with van der Waals surface area (Å²) in [6.45, 7) is 6.03. The van der Waals surface area contributed by atoms with Gasteiger partial charge >= 0.3 is 0 Å². The third-order valence-corrected chi connectivity index (χ3v) is 5.77. The number of nitrogens with zero attached hydrogens (tertiary/aromatic N) is 2. The molecule has 0 spiro atoms. The molecule has 0 saturated carbocycles. The van der Waals surface area contributed by atoms with Crippen molar-refractivity contribution in [1.29, 1.82) is 0 Å². The van der Waals surface area contributed by atoms with Gasteiger partial charge in [0.1, 0.15) is 12.2 Å². The first-order valence-electron chi connectivity index (χ1n) is 10.1. The van der Waals surface area contributed by atoms with Crippen molar-refractivity contribution in [3.8, 4) is 11.5 Å². The Morgan fingerprint density at radius 1 is 1.26 bits per heavy atom. The number of ether oxygens (including phenoxy) is 2. The molecule has 2 aromatic carbocycles. The summed E-state index contributed by atoms with van der Waals surface area (Å²) in [4.78, 5) is 37.0. The highest BCUT2D eigenvalue weighted by Crippen LogP contribution is 2.36. The number of hydrogen-bond donors (Lipinski definition) is 1. The predicted octanol–water partition coefficient (Wildman–Crippen LogP) is 3.99. The summed E-state index contributed by atoms with van der Waals surface area (Å²) < 4.78 is 12.3. The number of carbonyl (C=O) groups excluding carboxylic acids is 2. The third kappa shape index (κ3) is 5.78. The zero-order valence-corrected chi connectivity index (χ0v) is 21.1. The molecule has 11 heteroatoms. The molecule has 1 saturated heterocycles. The van der Waals surface area contributed by atoms with E-state index in [9.17, 15) is 19.7 Å². The lowest BCUT2D eigenvalue weighted by atomic mass is 10.1. The number of non-ortho nitro benzene ring substituents is 1. The zero-order chi connectivity index (χ0) is 24.8. The molecule has 0 atom stereocenters. The van der Waals surface area contributed by atoms with Gasteiger partial charge in [0, 0.05) is 18.7 Å². The smallest absolute Gasteiger partial charge is 0.269 e. The van der Waals surface area contributed by atoms with Crippen molar-refractivity contribution in [3.63, 3.8) is 0 Å². The highest BCUT2D eigenvalue weighted by Gasteiger charge is 2.32. The molecule has 0 aliphatic carbocycles. The third-order valence-electron chi connectivity index (χ3n) is 4.64. The molecule has 3 rings (SSSR count). The van der Waals surface area contributed by atoms with Crippen LogP contribution in [0.3, 0.4) is 0 Å². The second-order valence-corrected chi connectivity index (χ2v) is 8.55. The molecule has 1 N–H and O–H groups in total. The van der Waals surface area contributed by atoms with Gasteiger partial charge in [0.15, 0.2) is 16.6 Å². The summed E-state index contributed by atoms with van der Waals surface area (Å²) in [7, 11) is 0. The van der Waals surface area contributed by atoms with Gasteiger partial charge in [-0.2, -0.15) is 0 Å². The van der Waals surface area contributed by atoms with Gasteiger partial charge in [0.05, 0.1) is 15.1 Å². The molecule has 1 heterocycles. The van der Waals surface area contributed by atoms with Gasteiger partial charge < -0.3 is 9.47 Å². The van der Waals surface area contributed by atoms with Gasteiger partial charge in [-0.05, 0) is 71.1 Å². The Morgan fingerprint density at radius 2 is 2.03 bits per heavy atom. The van der Waals surface area contributed by atoms with E-state index in [1.807, 2.05) is 6.92 Å². The molecule has 1 fully saturated rings. The van der Waals surface area contributed by atoms with E-state index in [4.69, 9.17) is 21.7 Å². The Balaban J connectivity index is 1.91. The van der Waals surface area contributed by atoms with Gasteiger partial charge in [-0.25, -0.2) is 0 Å². The van der Waals surface area contributed by atoms with E-state index < -0.39 is 16.7 Å². The van der Waals surface area contributed by atoms with Crippen LogP contribution in [0.1, 0.15) is 18.1 Å². The van der Waals surface area contributed by atoms with E-state index in [0.29, 0.717) is 32.8 Å². The molecule has 176 valence electrons. The molecule has 1 aliphatic heterocycles. The summed E-state index contributed by atoms with van der Waals surface area (Å²) in [6.07, 6.45) is 2.98. The van der Waals surface area contributed by atoms with Crippen molar-refractivity contribution in [2.75, 3.05) is 13.2 Å². The average molecular weight is 593 g/mol. The number of thiocarbonyl (C=S) groups is 1. The Morgan fingerprint density at radius 3 is 2.71 bits per heavy atom. The summed E-state index contributed by atoms with van der Waals surface area (Å²) in [5, 5.41) is 13.6. The van der Waals surface area contributed by atoms with Crippen LogP contribution >= 0.6 is 34.8 Å². The second-order valence-electron chi connectivity index (χ2n) is 7.00. The van der Waals surface area contributed by atoms with Crippen molar-refractivity contribution in [1.82, 2.24) is 10.2 Å². The lowest BCUT2D eigenvalue weighted by Gasteiger charge is -2.27. The van der Waals surface area contributed by atoms with Crippen molar-refractivity contribution >= 4 is 63.5 Å². The fraction of sp³-hybridized carbons (Fsp3) is 0.174. The predicted molar refractivity (Wildman–Crippen MR) is 138 cm³/mol. The van der Waals surface area contributed by atoms with Gasteiger partial charge in [0.2, 0.25) is 0 Å². The fourth-order valence-corrected chi connectivity index (χ4v) is 4.18. The number of benzene rings is 2. The van der Waals surface area contributed by atoms with Crippen LogP contribution in [0, 0.1) is 13.7 Å². The van der Waals surface area contributed by atoms with Crippen molar-refractivity contribution in [3.05, 3.63) is 79.4 Å². The van der Waals surface area contributed by atoms with Crippen molar-refractivity contribution in [2.24, 2.45) is 0 Å². The van der Waals surface area contributed by atoms with Crippen LogP contribution in [-0.2, 0) is 16.2 Å². The number of amides is 2. The van der Waals surface area contributed by atoms with E-state index in [1.165, 1.54) is 29.2 Å². The molecule has 0 aromatic heterocycles. The monoisotopic (exact) mass is 593 g/mol. The molecule has 2 aromatic rings. The normalized spacial score (nSPS) is 14.7. The molecular weight excluding hydrogens is 573 g/mol. The van der Waals surface area contributed by atoms with E-state index in [1.54, 1.807) is 24.3 Å². The maximum absolute atomic E-state index is 12.8. The summed E-state index contributed by atoms with van der Waals surface area (Å²) in [5.41, 5.74) is 1.09. The first-order chi connectivity index (χ1) is 16.2. The second kappa shape index (κ2) is 11.2. The Kier molecular flexibility index (Phi) is 8.34. The van der Waals surface area contributed by atoms with E-state index >= 15 is 0 Å². The minimum atomic E-state index is -0.589. The number of nitro groups is 1. The van der Waals surface area contributed by atoms with Crippen LogP contribution in [0.4, 0.5) is 5.69 Å². The zero-order valence-electron chi connectivity index (χ0n) is 18.1. The van der Waals surface area contributed by atoms with Crippen LogP contribution in [-0.4, -0.2) is 39.9 Å². The molecule has 1 aliphatic rings. The van der Waals surface area contributed by atoms with Gasteiger partial charge in [-0.3, -0.25) is 29.9 Å². The Hall–Kier alpha value is -3.32. The van der Waals surface area contributed by atoms with Crippen LogP contribution in [0.25, 0.3) is 6.08 Å². The minimum Gasteiger partial charge on any atom is -0.490 e. The molecule has 0 bridgehead atoms. The van der Waals surface area contributed by atoms with Crippen LogP contribution in [0.2, 0.25) is 0 Å². The SMILES string of the molecule is C=CCN1C(=O)/C(=C/c2cc(I)c(OCc3cccc([N+](=O)[O-])c3)c(OCC)c2)C(=O)NC1=S. The molecule has 9 nitrogen and oxygen atoms in total. The van der Waals surface area contributed by atoms with Crippen LogP contribution in [0.5, 0.6) is 11.5 Å². The number of rotatable bonds is 9. The van der Waals surface area contributed by atoms with Gasteiger partial charge in [0.25, 0.3) is 17.5 Å². The number of carbonyl (C=O) groups is 2. The largest absolute Gasteiger partial charge is 0.490 e. The van der Waals surface area contributed by atoms with Crippen molar-refractivity contribution in [2.45, 2.75) is 13.5 Å². The maximum Gasteiger partial charge on any atom is 0.269 e. The summed E-state index contributed by atoms with van der Waals surface area (Å²) in [6, 6.07) is 9.57. The average Bonchev–Trinajstić information content (AvgIpc) is 2.79. The summed E-state index contributed by atoms with van der Waals surface area (Å²) >= 11 is 7.14. The van der Waals surface area contributed by atoms with Gasteiger partial charge in [-0.1, -0.05) is 18.2 Å². The lowest BCUT2D eigenvalue weighted by molar-refractivity contribution is -0.384. The first kappa shape index (κ1) is 25.3. The highest BCUT2D eigenvalue weighted by atomic mass is 127. The first-order valence-corrected chi connectivity index (χ1v) is 11.6. The Labute approximate surface area is 214 Å². The van der Waals surface area contributed by atoms with Crippen LogP contribution in [0.15, 0.2) is 54.6 Å². The molecule has 0 unspecified atom stereocenters.